The van der Waals surface area contributed by atoms with Crippen LogP contribution in [0.15, 0.2) is 17.2 Å². The fourth-order valence-electron chi connectivity index (χ4n) is 0.639. The zero-order valence-electron chi connectivity index (χ0n) is 7.07. The molecule has 0 saturated carbocycles. The molecule has 0 radical (unpaired) electrons. The molecule has 0 atom stereocenters. The average molecular weight is 182 g/mol. The second-order valence-corrected chi connectivity index (χ2v) is 3.50. The molecule has 0 aromatic carbocycles. The van der Waals surface area contributed by atoms with Gasteiger partial charge in [0.05, 0.1) is 11.4 Å². The number of hydrogen-bond acceptors (Lipinski definition) is 4. The molecule has 0 aliphatic heterocycles. The number of nitrogens with zero attached hydrogens (tertiary/aromatic N) is 2. The van der Waals surface area contributed by atoms with Gasteiger partial charge in [-0.3, -0.25) is 4.79 Å². The highest BCUT2D eigenvalue weighted by Crippen LogP contribution is 2.13. The van der Waals surface area contributed by atoms with Crippen molar-refractivity contribution in [1.82, 2.24) is 10.2 Å². The second kappa shape index (κ2) is 4.21. The number of Topliss-reactive ketones (excluding diaryl/α,β-unsaturated/α-hetero) is 1. The predicted octanol–water partition coefficient (Wildman–Crippen LogP) is 1.47. The Morgan fingerprint density at radius 2 is 2.25 bits per heavy atom. The fraction of sp³-hybridized carbons (Fsp3) is 0.375. The molecular formula is C8H10N2OS. The molecule has 1 aromatic rings. The van der Waals surface area contributed by atoms with Crippen molar-refractivity contribution in [2.75, 3.05) is 5.75 Å². The van der Waals surface area contributed by atoms with Crippen molar-refractivity contribution in [1.29, 1.82) is 0 Å². The first-order chi connectivity index (χ1) is 5.68. The summed E-state index contributed by atoms with van der Waals surface area (Å²) in [7, 11) is 0. The summed E-state index contributed by atoms with van der Waals surface area (Å²) in [4.78, 5) is 10.6. The largest absolute Gasteiger partial charge is 0.299 e. The first-order valence-electron chi connectivity index (χ1n) is 3.61. The first-order valence-corrected chi connectivity index (χ1v) is 4.59. The fourth-order valence-corrected chi connectivity index (χ4v) is 1.25. The van der Waals surface area contributed by atoms with E-state index >= 15 is 0 Å². The van der Waals surface area contributed by atoms with Gasteiger partial charge in [0.25, 0.3) is 0 Å². The Hall–Kier alpha value is -0.900. The smallest absolute Gasteiger partial charge is 0.140 e. The molecule has 0 N–H and O–H groups in total. The van der Waals surface area contributed by atoms with E-state index in [0.29, 0.717) is 5.75 Å². The van der Waals surface area contributed by atoms with E-state index in [9.17, 15) is 4.79 Å². The Morgan fingerprint density at radius 1 is 1.50 bits per heavy atom. The van der Waals surface area contributed by atoms with Gasteiger partial charge < -0.3 is 0 Å². The van der Waals surface area contributed by atoms with Gasteiger partial charge in [-0.15, -0.1) is 5.10 Å². The van der Waals surface area contributed by atoms with E-state index in [-0.39, 0.29) is 5.78 Å². The van der Waals surface area contributed by atoms with E-state index in [4.69, 9.17) is 0 Å². The van der Waals surface area contributed by atoms with Crippen molar-refractivity contribution in [3.8, 4) is 0 Å². The number of carbonyl (C=O) groups excluding carboxylic acids is 1. The van der Waals surface area contributed by atoms with E-state index in [1.54, 1.807) is 6.92 Å². The Labute approximate surface area is 75.6 Å². The van der Waals surface area contributed by atoms with Crippen LogP contribution in [0.25, 0.3) is 0 Å². The van der Waals surface area contributed by atoms with Crippen LogP contribution in [0.4, 0.5) is 0 Å². The van der Waals surface area contributed by atoms with Gasteiger partial charge in [0.2, 0.25) is 0 Å². The molecule has 0 saturated heterocycles. The number of hydrogen-bond donors (Lipinski definition) is 0. The van der Waals surface area contributed by atoms with E-state index in [1.807, 2.05) is 19.1 Å². The van der Waals surface area contributed by atoms with E-state index < -0.39 is 0 Å². The Balaban J connectivity index is 2.53. The van der Waals surface area contributed by atoms with Crippen LogP contribution >= 0.6 is 11.8 Å². The quantitative estimate of drug-likeness (QED) is 0.664. The predicted molar refractivity (Wildman–Crippen MR) is 48.2 cm³/mol. The molecule has 0 aliphatic carbocycles. The lowest BCUT2D eigenvalue weighted by molar-refractivity contribution is -0.114. The van der Waals surface area contributed by atoms with Crippen LogP contribution in [0.5, 0.6) is 0 Å². The summed E-state index contributed by atoms with van der Waals surface area (Å²) in [5.41, 5.74) is 0.891. The van der Waals surface area contributed by atoms with Crippen LogP contribution in [0, 0.1) is 6.92 Å². The van der Waals surface area contributed by atoms with Gasteiger partial charge >= 0.3 is 0 Å². The van der Waals surface area contributed by atoms with Crippen LogP contribution in [-0.2, 0) is 4.79 Å². The number of thioether (sulfide) groups is 1. The Bertz CT molecular complexity index is 271. The molecule has 1 aromatic heterocycles. The number of carbonyl (C=O) groups is 1. The minimum absolute atomic E-state index is 0.155. The summed E-state index contributed by atoms with van der Waals surface area (Å²) in [5, 5.41) is 8.59. The van der Waals surface area contributed by atoms with Gasteiger partial charge in [0.1, 0.15) is 10.8 Å². The molecule has 1 heterocycles. The molecule has 0 unspecified atom stereocenters. The molecular weight excluding hydrogens is 172 g/mol. The maximum atomic E-state index is 10.6. The minimum Gasteiger partial charge on any atom is -0.299 e. The Morgan fingerprint density at radius 3 is 2.75 bits per heavy atom. The van der Waals surface area contributed by atoms with Crippen molar-refractivity contribution in [2.24, 2.45) is 0 Å². The summed E-state index contributed by atoms with van der Waals surface area (Å²) < 4.78 is 0. The molecule has 0 amide bonds. The normalized spacial score (nSPS) is 9.83. The lowest BCUT2D eigenvalue weighted by Gasteiger charge is -1.96. The lowest BCUT2D eigenvalue weighted by Crippen LogP contribution is -1.95. The van der Waals surface area contributed by atoms with Crippen molar-refractivity contribution in [2.45, 2.75) is 18.9 Å². The third-order valence-electron chi connectivity index (χ3n) is 1.20. The second-order valence-electron chi connectivity index (χ2n) is 2.50. The summed E-state index contributed by atoms with van der Waals surface area (Å²) in [6.45, 7) is 3.45. The molecule has 0 fully saturated rings. The molecule has 4 heteroatoms. The SMILES string of the molecule is CC(=O)CSc1ccc(C)nn1. The summed E-state index contributed by atoms with van der Waals surface area (Å²) >= 11 is 1.41. The maximum absolute atomic E-state index is 10.6. The van der Waals surface area contributed by atoms with E-state index in [1.165, 1.54) is 11.8 Å². The van der Waals surface area contributed by atoms with E-state index in [0.717, 1.165) is 10.7 Å². The maximum Gasteiger partial charge on any atom is 0.140 e. The van der Waals surface area contributed by atoms with Gasteiger partial charge in [-0.05, 0) is 26.0 Å². The zero-order valence-corrected chi connectivity index (χ0v) is 7.89. The van der Waals surface area contributed by atoms with Crippen molar-refractivity contribution in [3.63, 3.8) is 0 Å². The molecule has 64 valence electrons. The minimum atomic E-state index is 0.155. The van der Waals surface area contributed by atoms with Crippen molar-refractivity contribution >= 4 is 17.5 Å². The van der Waals surface area contributed by atoms with Gasteiger partial charge in [-0.1, -0.05) is 11.8 Å². The van der Waals surface area contributed by atoms with E-state index in [2.05, 4.69) is 10.2 Å². The highest BCUT2D eigenvalue weighted by molar-refractivity contribution is 7.99. The molecule has 12 heavy (non-hydrogen) atoms. The van der Waals surface area contributed by atoms with Gasteiger partial charge in [-0.2, -0.15) is 5.10 Å². The number of rotatable bonds is 3. The topological polar surface area (TPSA) is 42.9 Å². The van der Waals surface area contributed by atoms with Crippen LogP contribution in [-0.4, -0.2) is 21.7 Å². The third kappa shape index (κ3) is 3.00. The van der Waals surface area contributed by atoms with Crippen LogP contribution in [0.2, 0.25) is 0 Å². The van der Waals surface area contributed by atoms with Gasteiger partial charge in [0.15, 0.2) is 0 Å². The summed E-state index contributed by atoms with van der Waals surface area (Å²) in [6, 6.07) is 3.76. The number of aromatic nitrogens is 2. The first kappa shape index (κ1) is 9.19. The molecule has 0 bridgehead atoms. The summed E-state index contributed by atoms with van der Waals surface area (Å²) in [6.07, 6.45) is 0. The summed E-state index contributed by atoms with van der Waals surface area (Å²) in [5.74, 6) is 0.625. The monoisotopic (exact) mass is 182 g/mol. The molecule has 0 aliphatic rings. The van der Waals surface area contributed by atoms with Crippen LogP contribution in [0.1, 0.15) is 12.6 Å². The Kier molecular flexibility index (Phi) is 3.22. The highest BCUT2D eigenvalue weighted by Gasteiger charge is 1.98. The third-order valence-corrected chi connectivity index (χ3v) is 2.26. The average Bonchev–Trinajstić information content (AvgIpc) is 2.03. The number of aryl methyl sites for hydroxylation is 1. The van der Waals surface area contributed by atoms with Crippen molar-refractivity contribution in [3.05, 3.63) is 17.8 Å². The standard InChI is InChI=1S/C8H10N2OS/c1-6-3-4-8(10-9-6)12-5-7(2)11/h3-4H,5H2,1-2H3. The zero-order chi connectivity index (χ0) is 8.97. The molecule has 0 spiro atoms. The molecule has 3 nitrogen and oxygen atoms in total. The molecule has 1 rings (SSSR count). The number of ketones is 1. The van der Waals surface area contributed by atoms with Crippen molar-refractivity contribution < 1.29 is 4.79 Å². The van der Waals surface area contributed by atoms with Crippen LogP contribution in [0.3, 0.4) is 0 Å². The van der Waals surface area contributed by atoms with Gasteiger partial charge in [-0.25, -0.2) is 0 Å². The van der Waals surface area contributed by atoms with Crippen LogP contribution < -0.4 is 0 Å². The van der Waals surface area contributed by atoms with Gasteiger partial charge in [0, 0.05) is 0 Å². The lowest BCUT2D eigenvalue weighted by atomic mass is 10.4. The highest BCUT2D eigenvalue weighted by atomic mass is 32.2.